The summed E-state index contributed by atoms with van der Waals surface area (Å²) in [5.41, 5.74) is 1.60. The molecule has 0 radical (unpaired) electrons. The summed E-state index contributed by atoms with van der Waals surface area (Å²) in [7, 11) is 1.71. The van der Waals surface area contributed by atoms with Crippen molar-refractivity contribution in [2.45, 2.75) is 50.6 Å². The maximum Gasteiger partial charge on any atom is 0.303 e. The Kier molecular flexibility index (Phi) is 5.38. The summed E-state index contributed by atoms with van der Waals surface area (Å²) < 4.78 is 4.67. The summed E-state index contributed by atoms with van der Waals surface area (Å²) in [6, 6.07) is 5.47. The van der Waals surface area contributed by atoms with E-state index in [0.29, 0.717) is 43.3 Å². The molecule has 2 amide bonds. The molecule has 0 saturated carbocycles. The molecule has 1 aliphatic rings. The maximum absolute atomic E-state index is 12.5. The van der Waals surface area contributed by atoms with Crippen LogP contribution in [-0.2, 0) is 20.9 Å². The lowest BCUT2D eigenvalue weighted by Gasteiger charge is -2.29. The number of carbonyl (C=O) groups excluding carboxylic acids is 2. The molecule has 3 rings (SSSR count). The molecular formula is C18H22N4O5. The van der Waals surface area contributed by atoms with Crippen LogP contribution in [0.5, 0.6) is 0 Å². The van der Waals surface area contributed by atoms with Gasteiger partial charge in [0, 0.05) is 38.4 Å². The molecule has 1 saturated heterocycles. The highest BCUT2D eigenvalue weighted by Crippen LogP contribution is 2.30. The predicted octanol–water partition coefficient (Wildman–Crippen LogP) is 1.47. The number of aliphatic carboxylic acids is 1. The van der Waals surface area contributed by atoms with Gasteiger partial charge in [0.15, 0.2) is 0 Å². The highest BCUT2D eigenvalue weighted by atomic mass is 16.6. The van der Waals surface area contributed by atoms with E-state index in [1.54, 1.807) is 18.0 Å². The highest BCUT2D eigenvalue weighted by Gasteiger charge is 2.38. The first-order valence-corrected chi connectivity index (χ1v) is 8.85. The molecule has 144 valence electrons. The number of benzene rings is 1. The van der Waals surface area contributed by atoms with Gasteiger partial charge in [0.2, 0.25) is 11.8 Å². The summed E-state index contributed by atoms with van der Waals surface area (Å²) in [4.78, 5) is 36.7. The van der Waals surface area contributed by atoms with Crippen LogP contribution in [0.1, 0.15) is 44.1 Å². The molecule has 9 nitrogen and oxygen atoms in total. The molecule has 9 heteroatoms. The lowest BCUT2D eigenvalue weighted by Crippen LogP contribution is -2.43. The number of nitrogens with one attached hydrogen (secondary N) is 1. The Morgan fingerprint density at radius 2 is 2.00 bits per heavy atom. The Morgan fingerprint density at radius 1 is 1.26 bits per heavy atom. The summed E-state index contributed by atoms with van der Waals surface area (Å²) in [5, 5.41) is 19.4. The minimum absolute atomic E-state index is 0.0317. The second-order valence-electron chi connectivity index (χ2n) is 7.06. The van der Waals surface area contributed by atoms with Gasteiger partial charge in [0.25, 0.3) is 0 Å². The smallest absolute Gasteiger partial charge is 0.303 e. The quantitative estimate of drug-likeness (QED) is 0.716. The van der Waals surface area contributed by atoms with Gasteiger partial charge in [-0.2, -0.15) is 0 Å². The van der Waals surface area contributed by atoms with E-state index < -0.39 is 11.5 Å². The first-order valence-electron chi connectivity index (χ1n) is 8.85. The summed E-state index contributed by atoms with van der Waals surface area (Å²) in [5.74, 6) is -1.06. The SMILES string of the molecule is CN(Cc1ccc2nonc2c1)C(=O)CC[C@]1(CCC(=O)O)CCC(=O)N1. The van der Waals surface area contributed by atoms with E-state index in [2.05, 4.69) is 20.3 Å². The molecule has 1 aromatic carbocycles. The minimum atomic E-state index is -0.906. The maximum atomic E-state index is 12.5. The topological polar surface area (TPSA) is 126 Å². The van der Waals surface area contributed by atoms with Crippen molar-refractivity contribution < 1.29 is 24.1 Å². The van der Waals surface area contributed by atoms with E-state index in [4.69, 9.17) is 5.11 Å². The molecule has 1 aromatic heterocycles. The Bertz CT molecular complexity index is 864. The Labute approximate surface area is 155 Å². The molecule has 27 heavy (non-hydrogen) atoms. The van der Waals surface area contributed by atoms with Crippen LogP contribution in [0.15, 0.2) is 22.8 Å². The fourth-order valence-corrected chi connectivity index (χ4v) is 3.44. The van der Waals surface area contributed by atoms with Crippen LogP contribution in [0.4, 0.5) is 0 Å². The zero-order chi connectivity index (χ0) is 19.4. The van der Waals surface area contributed by atoms with Gasteiger partial charge in [-0.1, -0.05) is 6.07 Å². The van der Waals surface area contributed by atoms with Crippen molar-refractivity contribution in [3.8, 4) is 0 Å². The molecule has 0 aliphatic carbocycles. The monoisotopic (exact) mass is 374 g/mol. The van der Waals surface area contributed by atoms with Crippen molar-refractivity contribution >= 4 is 28.8 Å². The van der Waals surface area contributed by atoms with E-state index in [1.165, 1.54) is 0 Å². The van der Waals surface area contributed by atoms with Crippen LogP contribution in [0, 0.1) is 0 Å². The van der Waals surface area contributed by atoms with Crippen molar-refractivity contribution in [3.63, 3.8) is 0 Å². The van der Waals surface area contributed by atoms with Crippen LogP contribution < -0.4 is 5.32 Å². The summed E-state index contributed by atoms with van der Waals surface area (Å²) in [6.07, 6.45) is 1.91. The van der Waals surface area contributed by atoms with Crippen molar-refractivity contribution in [3.05, 3.63) is 23.8 Å². The Balaban J connectivity index is 1.57. The fourth-order valence-electron chi connectivity index (χ4n) is 3.44. The van der Waals surface area contributed by atoms with Crippen molar-refractivity contribution in [2.75, 3.05) is 7.05 Å². The van der Waals surface area contributed by atoms with Gasteiger partial charge < -0.3 is 15.3 Å². The van der Waals surface area contributed by atoms with Crippen molar-refractivity contribution in [1.82, 2.24) is 20.5 Å². The summed E-state index contributed by atoms with van der Waals surface area (Å²) >= 11 is 0. The molecular weight excluding hydrogens is 352 g/mol. The number of carbonyl (C=O) groups is 3. The normalized spacial score (nSPS) is 19.2. The highest BCUT2D eigenvalue weighted by molar-refractivity contribution is 5.80. The van der Waals surface area contributed by atoms with Gasteiger partial charge in [-0.15, -0.1) is 0 Å². The van der Waals surface area contributed by atoms with Gasteiger partial charge >= 0.3 is 5.97 Å². The molecule has 1 aliphatic heterocycles. The van der Waals surface area contributed by atoms with Gasteiger partial charge in [0.05, 0.1) is 0 Å². The second kappa shape index (κ2) is 7.73. The second-order valence-corrected chi connectivity index (χ2v) is 7.06. The molecule has 2 heterocycles. The third-order valence-electron chi connectivity index (χ3n) is 5.03. The summed E-state index contributed by atoms with van der Waals surface area (Å²) in [6.45, 7) is 0.413. The van der Waals surface area contributed by atoms with E-state index in [-0.39, 0.29) is 24.7 Å². The van der Waals surface area contributed by atoms with Crippen LogP contribution in [0.3, 0.4) is 0 Å². The lowest BCUT2D eigenvalue weighted by atomic mass is 9.86. The number of nitrogens with zero attached hydrogens (tertiary/aromatic N) is 3. The van der Waals surface area contributed by atoms with E-state index >= 15 is 0 Å². The minimum Gasteiger partial charge on any atom is -0.481 e. The van der Waals surface area contributed by atoms with Crippen LogP contribution in [-0.4, -0.2) is 50.7 Å². The van der Waals surface area contributed by atoms with E-state index in [1.807, 2.05) is 12.1 Å². The van der Waals surface area contributed by atoms with Crippen LogP contribution in [0.25, 0.3) is 11.0 Å². The number of carboxylic acids is 1. The number of aromatic nitrogens is 2. The standard InChI is InChI=1S/C18H22N4O5/c1-22(11-12-2-3-13-14(10-12)21-27-20-13)16(24)5-8-18(9-6-17(25)26)7-4-15(23)19-18/h2-3,10H,4-9,11H2,1H3,(H,19,23)(H,25,26)/t18-/m0/s1. The first-order chi connectivity index (χ1) is 12.9. The molecule has 2 N–H and O–H groups in total. The molecule has 0 bridgehead atoms. The van der Waals surface area contributed by atoms with Gasteiger partial charge in [0.1, 0.15) is 11.0 Å². The van der Waals surface area contributed by atoms with Gasteiger partial charge in [-0.25, -0.2) is 4.63 Å². The number of fused-ring (bicyclic) bond motifs is 1. The van der Waals surface area contributed by atoms with Crippen LogP contribution in [0.2, 0.25) is 0 Å². The number of amides is 2. The van der Waals surface area contributed by atoms with Gasteiger partial charge in [-0.3, -0.25) is 14.4 Å². The molecule has 0 unspecified atom stereocenters. The first kappa shape index (κ1) is 18.8. The number of carboxylic acid groups (broad SMARTS) is 1. The number of hydrogen-bond acceptors (Lipinski definition) is 6. The third kappa shape index (κ3) is 4.60. The van der Waals surface area contributed by atoms with Crippen LogP contribution >= 0.6 is 0 Å². The van der Waals surface area contributed by atoms with Gasteiger partial charge in [-0.05, 0) is 47.3 Å². The van der Waals surface area contributed by atoms with Crippen molar-refractivity contribution in [2.24, 2.45) is 0 Å². The van der Waals surface area contributed by atoms with Crippen molar-refractivity contribution in [1.29, 1.82) is 0 Å². The van der Waals surface area contributed by atoms with E-state index in [9.17, 15) is 14.4 Å². The zero-order valence-electron chi connectivity index (χ0n) is 15.1. The van der Waals surface area contributed by atoms with E-state index in [0.717, 1.165) is 5.56 Å². The predicted molar refractivity (Wildman–Crippen MR) is 94.5 cm³/mol. The Morgan fingerprint density at radius 3 is 2.70 bits per heavy atom. The molecule has 2 aromatic rings. The molecule has 0 spiro atoms. The third-order valence-corrected chi connectivity index (χ3v) is 5.03. The average molecular weight is 374 g/mol. The molecule has 1 fully saturated rings. The Hall–Kier alpha value is -2.97. The largest absolute Gasteiger partial charge is 0.481 e. The lowest BCUT2D eigenvalue weighted by molar-refractivity contribution is -0.137. The molecule has 1 atom stereocenters. The number of hydrogen-bond donors (Lipinski definition) is 2. The fraction of sp³-hybridized carbons (Fsp3) is 0.500. The average Bonchev–Trinajstić information content (AvgIpc) is 3.24. The zero-order valence-corrected chi connectivity index (χ0v) is 15.1. The number of rotatable bonds is 8.